The lowest BCUT2D eigenvalue weighted by atomic mass is 10.0. The smallest absolute Gasteiger partial charge is 0.241 e. The summed E-state index contributed by atoms with van der Waals surface area (Å²) in [5, 5.41) is 3.15. The maximum absolute atomic E-state index is 13.0. The second kappa shape index (κ2) is 10.4. The predicted molar refractivity (Wildman–Crippen MR) is 111 cm³/mol. The minimum absolute atomic E-state index is 0. The van der Waals surface area contributed by atoms with Crippen molar-refractivity contribution in [2.75, 3.05) is 26.7 Å². The van der Waals surface area contributed by atoms with Crippen molar-refractivity contribution in [3.8, 4) is 0 Å². The molecule has 0 spiro atoms. The second-order valence-corrected chi connectivity index (χ2v) is 9.33. The van der Waals surface area contributed by atoms with Crippen LogP contribution in [0.5, 0.6) is 0 Å². The first-order valence-corrected chi connectivity index (χ1v) is 10.7. The van der Waals surface area contributed by atoms with Crippen molar-refractivity contribution in [1.82, 2.24) is 14.9 Å². The maximum atomic E-state index is 13.0. The molecule has 1 amide bonds. The molecule has 2 atom stereocenters. The SMILES string of the molecule is CNCC1CCN(C(=O)C(CC(C)C)NS(=O)(=O)c2ccc(C)cc2)C1.Cl. The van der Waals surface area contributed by atoms with E-state index in [1.165, 1.54) is 0 Å². The van der Waals surface area contributed by atoms with Gasteiger partial charge in [0.2, 0.25) is 15.9 Å². The fourth-order valence-corrected chi connectivity index (χ4v) is 4.55. The van der Waals surface area contributed by atoms with Crippen molar-refractivity contribution in [2.24, 2.45) is 11.8 Å². The highest BCUT2D eigenvalue weighted by Gasteiger charge is 2.33. The third-order valence-corrected chi connectivity index (χ3v) is 6.21. The van der Waals surface area contributed by atoms with Crippen LogP contribution in [0.25, 0.3) is 0 Å². The van der Waals surface area contributed by atoms with E-state index < -0.39 is 16.1 Å². The van der Waals surface area contributed by atoms with Gasteiger partial charge in [-0.15, -0.1) is 12.4 Å². The van der Waals surface area contributed by atoms with Gasteiger partial charge in [0, 0.05) is 13.1 Å². The fourth-order valence-electron chi connectivity index (χ4n) is 3.35. The van der Waals surface area contributed by atoms with E-state index >= 15 is 0 Å². The molecule has 2 N–H and O–H groups in total. The van der Waals surface area contributed by atoms with Gasteiger partial charge in [-0.25, -0.2) is 8.42 Å². The number of aryl methyl sites for hydroxylation is 1. The van der Waals surface area contributed by atoms with E-state index in [1.54, 1.807) is 29.2 Å². The number of likely N-dealkylation sites (tertiary alicyclic amines) is 1. The number of halogens is 1. The number of nitrogens with one attached hydrogen (secondary N) is 2. The van der Waals surface area contributed by atoms with E-state index in [9.17, 15) is 13.2 Å². The summed E-state index contributed by atoms with van der Waals surface area (Å²) in [5.41, 5.74) is 0.992. The number of nitrogens with zero attached hydrogens (tertiary/aromatic N) is 1. The minimum Gasteiger partial charge on any atom is -0.341 e. The topological polar surface area (TPSA) is 78.5 Å². The Morgan fingerprint density at radius 3 is 2.44 bits per heavy atom. The lowest BCUT2D eigenvalue weighted by Gasteiger charge is -2.25. The molecule has 0 aliphatic carbocycles. The van der Waals surface area contributed by atoms with Gasteiger partial charge in [-0.05, 0) is 57.3 Å². The average molecular weight is 418 g/mol. The zero-order chi connectivity index (χ0) is 19.3. The summed E-state index contributed by atoms with van der Waals surface area (Å²) in [6, 6.07) is 5.95. The Morgan fingerprint density at radius 2 is 1.89 bits per heavy atom. The molecule has 27 heavy (non-hydrogen) atoms. The predicted octanol–water partition coefficient (Wildman–Crippen LogP) is 2.18. The van der Waals surface area contributed by atoms with Crippen LogP contribution in [0.15, 0.2) is 29.2 Å². The first-order valence-electron chi connectivity index (χ1n) is 9.25. The van der Waals surface area contributed by atoms with Crippen LogP contribution in [0.4, 0.5) is 0 Å². The Morgan fingerprint density at radius 1 is 1.26 bits per heavy atom. The number of hydrogen-bond acceptors (Lipinski definition) is 4. The van der Waals surface area contributed by atoms with Crippen LogP contribution in [-0.2, 0) is 14.8 Å². The summed E-state index contributed by atoms with van der Waals surface area (Å²) in [6.07, 6.45) is 1.43. The monoisotopic (exact) mass is 417 g/mol. The Labute approximate surface area is 169 Å². The van der Waals surface area contributed by atoms with Gasteiger partial charge in [0.1, 0.15) is 6.04 Å². The molecule has 1 aromatic rings. The molecule has 1 heterocycles. The van der Waals surface area contributed by atoms with Gasteiger partial charge in [-0.1, -0.05) is 31.5 Å². The third kappa shape index (κ3) is 6.75. The van der Waals surface area contributed by atoms with E-state index in [2.05, 4.69) is 10.0 Å². The summed E-state index contributed by atoms with van der Waals surface area (Å²) in [7, 11) is -1.83. The highest BCUT2D eigenvalue weighted by atomic mass is 35.5. The molecule has 0 bridgehead atoms. The molecular formula is C19H32ClN3O3S. The Kier molecular flexibility index (Phi) is 9.21. The van der Waals surface area contributed by atoms with Gasteiger partial charge in [0.25, 0.3) is 0 Å². The zero-order valence-corrected chi connectivity index (χ0v) is 18.2. The van der Waals surface area contributed by atoms with E-state index in [1.807, 2.05) is 27.8 Å². The molecule has 2 rings (SSSR count). The van der Waals surface area contributed by atoms with Crippen molar-refractivity contribution in [1.29, 1.82) is 0 Å². The van der Waals surface area contributed by atoms with Gasteiger partial charge >= 0.3 is 0 Å². The summed E-state index contributed by atoms with van der Waals surface area (Å²) < 4.78 is 28.1. The van der Waals surface area contributed by atoms with Crippen LogP contribution in [0.3, 0.4) is 0 Å². The van der Waals surface area contributed by atoms with Crippen LogP contribution in [0, 0.1) is 18.8 Å². The van der Waals surface area contributed by atoms with Gasteiger partial charge < -0.3 is 10.2 Å². The molecule has 1 saturated heterocycles. The third-order valence-electron chi connectivity index (χ3n) is 4.72. The standard InChI is InChI=1S/C19H31N3O3S.ClH/c1-14(2)11-18(19(23)22-10-9-16(13-22)12-20-4)21-26(24,25)17-7-5-15(3)6-8-17;/h5-8,14,16,18,20-21H,9-13H2,1-4H3;1H. The van der Waals surface area contributed by atoms with Crippen molar-refractivity contribution >= 4 is 28.3 Å². The Balaban J connectivity index is 0.00000364. The van der Waals surface area contributed by atoms with Gasteiger partial charge in [0.15, 0.2) is 0 Å². The number of benzene rings is 1. The molecule has 154 valence electrons. The quantitative estimate of drug-likeness (QED) is 0.679. The van der Waals surface area contributed by atoms with E-state index in [-0.39, 0.29) is 29.1 Å². The number of sulfonamides is 1. The van der Waals surface area contributed by atoms with E-state index in [0.717, 1.165) is 18.5 Å². The minimum atomic E-state index is -3.73. The number of hydrogen-bond donors (Lipinski definition) is 2. The summed E-state index contributed by atoms with van der Waals surface area (Å²) in [4.78, 5) is 15.0. The van der Waals surface area contributed by atoms with Crippen LogP contribution in [-0.4, -0.2) is 51.9 Å². The van der Waals surface area contributed by atoms with Gasteiger partial charge in [0.05, 0.1) is 4.90 Å². The lowest BCUT2D eigenvalue weighted by molar-refractivity contribution is -0.132. The molecule has 6 nitrogen and oxygen atoms in total. The molecule has 0 radical (unpaired) electrons. The first kappa shape index (κ1) is 23.9. The highest BCUT2D eigenvalue weighted by molar-refractivity contribution is 7.89. The molecule has 1 fully saturated rings. The highest BCUT2D eigenvalue weighted by Crippen LogP contribution is 2.20. The molecule has 0 saturated carbocycles. The molecular weight excluding hydrogens is 386 g/mol. The molecule has 0 aromatic heterocycles. The summed E-state index contributed by atoms with van der Waals surface area (Å²) >= 11 is 0. The van der Waals surface area contributed by atoms with E-state index in [0.29, 0.717) is 25.4 Å². The number of rotatable bonds is 8. The maximum Gasteiger partial charge on any atom is 0.241 e. The molecule has 8 heteroatoms. The van der Waals surface area contributed by atoms with Crippen molar-refractivity contribution in [2.45, 2.75) is 44.6 Å². The van der Waals surface area contributed by atoms with Crippen molar-refractivity contribution < 1.29 is 13.2 Å². The normalized spacial score (nSPS) is 18.4. The van der Waals surface area contributed by atoms with Crippen LogP contribution in [0.2, 0.25) is 0 Å². The number of carbonyl (C=O) groups is 1. The van der Waals surface area contributed by atoms with Crippen molar-refractivity contribution in [3.05, 3.63) is 29.8 Å². The van der Waals surface area contributed by atoms with E-state index in [4.69, 9.17) is 0 Å². The van der Waals surface area contributed by atoms with Crippen LogP contribution in [0.1, 0.15) is 32.3 Å². The second-order valence-electron chi connectivity index (χ2n) is 7.61. The zero-order valence-electron chi connectivity index (χ0n) is 16.6. The van der Waals surface area contributed by atoms with Gasteiger partial charge in [-0.2, -0.15) is 4.72 Å². The average Bonchev–Trinajstić information content (AvgIpc) is 3.02. The summed E-state index contributed by atoms with van der Waals surface area (Å²) in [5.74, 6) is 0.519. The molecule has 1 aromatic carbocycles. The molecule has 1 aliphatic rings. The van der Waals surface area contributed by atoms with Gasteiger partial charge in [-0.3, -0.25) is 4.79 Å². The van der Waals surface area contributed by atoms with Crippen LogP contribution >= 0.6 is 12.4 Å². The van der Waals surface area contributed by atoms with Crippen LogP contribution < -0.4 is 10.0 Å². The Hall–Kier alpha value is -1.15. The summed E-state index contributed by atoms with van der Waals surface area (Å²) in [6.45, 7) is 8.13. The lowest BCUT2D eigenvalue weighted by Crippen LogP contribution is -2.48. The Bertz CT molecular complexity index is 707. The number of amides is 1. The number of carbonyl (C=O) groups excluding carboxylic acids is 1. The largest absolute Gasteiger partial charge is 0.341 e. The molecule has 2 unspecified atom stereocenters. The molecule has 1 aliphatic heterocycles. The fraction of sp³-hybridized carbons (Fsp3) is 0.632. The van der Waals surface area contributed by atoms with Crippen molar-refractivity contribution in [3.63, 3.8) is 0 Å². The first-order chi connectivity index (χ1) is 12.2.